The van der Waals surface area contributed by atoms with Gasteiger partial charge >= 0.3 is 19.8 Å². The molecule has 10 heteroatoms. The predicted octanol–water partition coefficient (Wildman–Crippen LogP) is 22.7. The highest BCUT2D eigenvalue weighted by molar-refractivity contribution is 7.47. The number of hydrogen-bond acceptors (Lipinski definition) is 8. The lowest BCUT2D eigenvalue weighted by Crippen LogP contribution is -2.29. The quantitative estimate of drug-likeness (QED) is 0.0264. The molecule has 9 nitrogen and oxygen atoms in total. The Labute approximate surface area is 496 Å². The topological polar surface area (TPSA) is 134 Å². The van der Waals surface area contributed by atoms with Gasteiger partial charge in [-0.2, -0.15) is 0 Å². The third-order valence-corrected chi connectivity index (χ3v) is 16.8. The van der Waals surface area contributed by atoms with Gasteiger partial charge in [-0.15, -0.1) is 0 Å². The summed E-state index contributed by atoms with van der Waals surface area (Å²) < 4.78 is 33.2. The summed E-state index contributed by atoms with van der Waals surface area (Å²) in [6.45, 7) is 3.81. The Morgan fingerprint density at radius 2 is 0.650 bits per heavy atom. The van der Waals surface area contributed by atoms with Gasteiger partial charge in [-0.1, -0.05) is 339 Å². The van der Waals surface area contributed by atoms with Crippen LogP contribution in [0.15, 0.2) is 36.5 Å². The van der Waals surface area contributed by atoms with Gasteiger partial charge in [-0.05, 0) is 51.4 Å². The molecule has 0 aromatic heterocycles. The Bertz CT molecular complexity index is 1400. The van der Waals surface area contributed by atoms with Crippen molar-refractivity contribution in [2.45, 2.75) is 373 Å². The standard InChI is InChI=1S/C70H134NO8P/c1-3-5-7-9-11-13-15-17-19-21-23-25-27-29-31-33-34-35-37-39-41-43-45-47-49-51-53-55-57-59-61-63-70(73)79-68(67-78-80(74,75)77-65-64-71)66-76-69(72)62-60-58-56-54-52-50-48-46-44-42-40-38-36-32-30-28-26-24-22-20-18-16-14-12-10-8-6-4-2/h15,17,21,23,27,29,68H,3-14,16,18-20,22,24-26,28,30-67,71H2,1-2H3,(H,74,75)/b17-15-,23-21-,29-27-. The SMILES string of the molecule is CCCCCCC/C=C\C/C=C\C/C=C\CCCCCCCCCCCCCCCCCCC(=O)OC(COC(=O)CCCCCCCCCCCCCCCCCCCCCCCCCCCCCC)COP(=O)(O)OCCN. The lowest BCUT2D eigenvalue weighted by atomic mass is 10.0. The molecule has 472 valence electrons. The van der Waals surface area contributed by atoms with Crippen LogP contribution < -0.4 is 5.73 Å². The predicted molar refractivity (Wildman–Crippen MR) is 344 cm³/mol. The number of ether oxygens (including phenoxy) is 2. The van der Waals surface area contributed by atoms with E-state index in [2.05, 4.69) is 50.3 Å². The fourth-order valence-corrected chi connectivity index (χ4v) is 11.4. The molecule has 0 rings (SSSR count). The zero-order valence-electron chi connectivity index (χ0n) is 53.1. The van der Waals surface area contributed by atoms with Crippen LogP contribution in [0.25, 0.3) is 0 Å². The first-order valence-electron chi connectivity index (χ1n) is 35.0. The maximum Gasteiger partial charge on any atom is 0.472 e. The van der Waals surface area contributed by atoms with Gasteiger partial charge in [-0.3, -0.25) is 18.6 Å². The minimum Gasteiger partial charge on any atom is -0.462 e. The first-order valence-corrected chi connectivity index (χ1v) is 36.5. The van der Waals surface area contributed by atoms with Gasteiger partial charge in [-0.25, -0.2) is 4.57 Å². The Balaban J connectivity index is 3.83. The van der Waals surface area contributed by atoms with Gasteiger partial charge in [0.05, 0.1) is 13.2 Å². The third kappa shape index (κ3) is 65.4. The van der Waals surface area contributed by atoms with Crippen molar-refractivity contribution in [2.75, 3.05) is 26.4 Å². The van der Waals surface area contributed by atoms with E-state index in [-0.39, 0.29) is 38.6 Å². The van der Waals surface area contributed by atoms with Crippen LogP contribution in [0.1, 0.15) is 367 Å². The number of rotatable bonds is 67. The molecule has 0 aliphatic rings. The number of carbonyl (C=O) groups excluding carboxylic acids is 2. The Hall–Kier alpha value is -1.77. The van der Waals surface area contributed by atoms with Crippen LogP contribution in [0.3, 0.4) is 0 Å². The molecule has 0 amide bonds. The van der Waals surface area contributed by atoms with Gasteiger partial charge in [0.2, 0.25) is 0 Å². The molecule has 0 heterocycles. The van der Waals surface area contributed by atoms with Crippen molar-refractivity contribution >= 4 is 19.8 Å². The molecule has 0 bridgehead atoms. The van der Waals surface area contributed by atoms with Gasteiger partial charge in [0, 0.05) is 19.4 Å². The highest BCUT2D eigenvalue weighted by atomic mass is 31.2. The molecular formula is C70H134NO8P. The Kier molecular flexibility index (Phi) is 64.9. The highest BCUT2D eigenvalue weighted by Crippen LogP contribution is 2.43. The van der Waals surface area contributed by atoms with Crippen molar-refractivity contribution in [3.05, 3.63) is 36.5 Å². The summed E-state index contributed by atoms with van der Waals surface area (Å²) in [5.41, 5.74) is 5.40. The number of esters is 2. The van der Waals surface area contributed by atoms with Crippen molar-refractivity contribution < 1.29 is 37.6 Å². The summed E-state index contributed by atoms with van der Waals surface area (Å²) >= 11 is 0. The van der Waals surface area contributed by atoms with Crippen molar-refractivity contribution in [1.82, 2.24) is 0 Å². The van der Waals surface area contributed by atoms with E-state index in [1.54, 1.807) is 0 Å². The van der Waals surface area contributed by atoms with Gasteiger partial charge in [0.1, 0.15) is 6.61 Å². The summed E-state index contributed by atoms with van der Waals surface area (Å²) in [4.78, 5) is 35.3. The molecule has 80 heavy (non-hydrogen) atoms. The van der Waals surface area contributed by atoms with Gasteiger partial charge in [0.15, 0.2) is 6.10 Å². The smallest absolute Gasteiger partial charge is 0.462 e. The Morgan fingerprint density at radius 1 is 0.375 bits per heavy atom. The molecule has 0 aromatic carbocycles. The molecule has 0 radical (unpaired) electrons. The van der Waals surface area contributed by atoms with Gasteiger partial charge in [0.25, 0.3) is 0 Å². The normalized spacial score (nSPS) is 13.1. The van der Waals surface area contributed by atoms with E-state index in [1.165, 1.54) is 289 Å². The minimum atomic E-state index is -4.39. The lowest BCUT2D eigenvalue weighted by molar-refractivity contribution is -0.161. The Morgan fingerprint density at radius 3 is 0.963 bits per heavy atom. The number of hydrogen-bond donors (Lipinski definition) is 2. The first-order chi connectivity index (χ1) is 39.3. The minimum absolute atomic E-state index is 0.0558. The van der Waals surface area contributed by atoms with E-state index in [9.17, 15) is 19.0 Å². The number of allylic oxidation sites excluding steroid dienone is 6. The first kappa shape index (κ1) is 78.2. The molecule has 0 aliphatic carbocycles. The van der Waals surface area contributed by atoms with Crippen molar-refractivity contribution in [3.63, 3.8) is 0 Å². The monoisotopic (exact) mass is 1150 g/mol. The fraction of sp³-hybridized carbons (Fsp3) is 0.886. The van der Waals surface area contributed by atoms with Crippen molar-refractivity contribution in [2.24, 2.45) is 5.73 Å². The average Bonchev–Trinajstić information content (AvgIpc) is 3.45. The van der Waals surface area contributed by atoms with E-state index in [0.29, 0.717) is 6.42 Å². The zero-order valence-corrected chi connectivity index (χ0v) is 54.0. The maximum atomic E-state index is 12.8. The van der Waals surface area contributed by atoms with E-state index in [4.69, 9.17) is 24.3 Å². The number of phosphoric acid groups is 1. The van der Waals surface area contributed by atoms with Crippen LogP contribution in [-0.2, 0) is 32.7 Å². The number of phosphoric ester groups is 1. The molecule has 2 atom stereocenters. The van der Waals surface area contributed by atoms with E-state index < -0.39 is 26.5 Å². The van der Waals surface area contributed by atoms with E-state index in [0.717, 1.165) is 44.9 Å². The molecular weight excluding hydrogens is 1010 g/mol. The number of carbonyl (C=O) groups is 2. The second-order valence-corrected chi connectivity index (χ2v) is 25.2. The van der Waals surface area contributed by atoms with Crippen LogP contribution in [0.5, 0.6) is 0 Å². The molecule has 2 unspecified atom stereocenters. The van der Waals surface area contributed by atoms with E-state index in [1.807, 2.05) is 0 Å². The molecule has 0 spiro atoms. The van der Waals surface area contributed by atoms with E-state index >= 15 is 0 Å². The molecule has 3 N–H and O–H groups in total. The zero-order chi connectivity index (χ0) is 58.0. The summed E-state index contributed by atoms with van der Waals surface area (Å²) in [7, 11) is -4.39. The summed E-state index contributed by atoms with van der Waals surface area (Å²) in [5, 5.41) is 0. The average molecular weight is 1150 g/mol. The number of unbranched alkanes of at least 4 members (excludes halogenated alkanes) is 48. The molecule has 0 aliphatic heterocycles. The summed E-state index contributed by atoms with van der Waals surface area (Å²) in [6.07, 6.45) is 82.4. The second-order valence-electron chi connectivity index (χ2n) is 23.8. The number of nitrogens with two attached hydrogens (primary N) is 1. The third-order valence-electron chi connectivity index (χ3n) is 15.8. The molecule has 0 aromatic rings. The fourth-order valence-electron chi connectivity index (χ4n) is 10.6. The lowest BCUT2D eigenvalue weighted by Gasteiger charge is -2.19. The van der Waals surface area contributed by atoms with Crippen LogP contribution in [0, 0.1) is 0 Å². The van der Waals surface area contributed by atoms with Crippen molar-refractivity contribution in [3.8, 4) is 0 Å². The summed E-state index contributed by atoms with van der Waals surface area (Å²) in [6, 6.07) is 0. The van der Waals surface area contributed by atoms with Crippen molar-refractivity contribution in [1.29, 1.82) is 0 Å². The van der Waals surface area contributed by atoms with Crippen LogP contribution in [0.2, 0.25) is 0 Å². The molecule has 0 saturated carbocycles. The molecule has 0 fully saturated rings. The van der Waals surface area contributed by atoms with Gasteiger partial charge < -0.3 is 20.1 Å². The molecule has 0 saturated heterocycles. The maximum absolute atomic E-state index is 12.8. The van der Waals surface area contributed by atoms with Crippen LogP contribution in [-0.4, -0.2) is 49.3 Å². The highest BCUT2D eigenvalue weighted by Gasteiger charge is 2.26. The summed E-state index contributed by atoms with van der Waals surface area (Å²) in [5.74, 6) is -0.806. The van der Waals surface area contributed by atoms with Crippen LogP contribution >= 0.6 is 7.82 Å². The second kappa shape index (κ2) is 66.4. The van der Waals surface area contributed by atoms with Crippen LogP contribution in [0.4, 0.5) is 0 Å². The largest absolute Gasteiger partial charge is 0.472 e.